The highest BCUT2D eigenvalue weighted by Crippen LogP contribution is 2.25. The first-order valence-electron chi connectivity index (χ1n) is 6.01. The Hall–Kier alpha value is -2.30. The fourth-order valence-corrected chi connectivity index (χ4v) is 1.69. The van der Waals surface area contributed by atoms with Crippen LogP contribution in [-0.4, -0.2) is 24.2 Å². The lowest BCUT2D eigenvalue weighted by atomic mass is 10.1. The number of ether oxygens (including phenoxy) is 1. The molecule has 0 aliphatic carbocycles. The predicted octanol–water partition coefficient (Wildman–Crippen LogP) is 2.49. The number of hydrogen-bond acceptors (Lipinski definition) is 4. The molecule has 0 saturated carbocycles. The fraction of sp³-hybridized carbons (Fsp3) is 0.286. The average Bonchev–Trinajstić information content (AvgIpc) is 2.87. The van der Waals surface area contributed by atoms with E-state index in [1.807, 2.05) is 38.1 Å². The molecule has 19 heavy (non-hydrogen) atoms. The van der Waals surface area contributed by atoms with Crippen LogP contribution in [-0.2, 0) is 0 Å². The molecule has 5 heteroatoms. The van der Waals surface area contributed by atoms with Gasteiger partial charge in [0.05, 0.1) is 13.3 Å². The second-order valence-electron chi connectivity index (χ2n) is 4.43. The first-order valence-corrected chi connectivity index (χ1v) is 6.01. The lowest BCUT2D eigenvalue weighted by molar-refractivity contribution is 0.0943. The molecule has 0 saturated heterocycles. The molecular weight excluding hydrogens is 244 g/mol. The van der Waals surface area contributed by atoms with Gasteiger partial charge in [0.15, 0.2) is 5.76 Å². The van der Waals surface area contributed by atoms with Gasteiger partial charge in [-0.1, -0.05) is 5.16 Å². The number of hydrogen-bond donors (Lipinski definition) is 1. The molecule has 2 rings (SSSR count). The first-order chi connectivity index (χ1) is 9.11. The maximum absolute atomic E-state index is 12.0. The zero-order valence-electron chi connectivity index (χ0n) is 11.1. The number of methoxy groups -OCH3 is 1. The van der Waals surface area contributed by atoms with Crippen molar-refractivity contribution in [3.63, 3.8) is 0 Å². The van der Waals surface area contributed by atoms with E-state index in [9.17, 15) is 4.79 Å². The van der Waals surface area contributed by atoms with E-state index >= 15 is 0 Å². The molecule has 1 heterocycles. The van der Waals surface area contributed by atoms with Crippen LogP contribution in [0.4, 0.5) is 0 Å². The van der Waals surface area contributed by atoms with Gasteiger partial charge in [-0.25, -0.2) is 0 Å². The maximum atomic E-state index is 12.0. The molecule has 100 valence electrons. The molecule has 0 fully saturated rings. The molecule has 1 aromatic carbocycles. The molecule has 1 N–H and O–H groups in total. The van der Waals surface area contributed by atoms with Crippen LogP contribution >= 0.6 is 0 Å². The van der Waals surface area contributed by atoms with Crippen LogP contribution in [0.3, 0.4) is 0 Å². The molecule has 0 spiro atoms. The van der Waals surface area contributed by atoms with Crippen molar-refractivity contribution in [1.29, 1.82) is 0 Å². The standard InChI is InChI=1S/C14H16N2O3/c1-9(2)16-14(17)12-8-15-19-13(12)10-4-6-11(18-3)7-5-10/h4-9H,1-3H3,(H,16,17). The van der Waals surface area contributed by atoms with Crippen LogP contribution in [0.5, 0.6) is 5.75 Å². The highest BCUT2D eigenvalue weighted by atomic mass is 16.5. The van der Waals surface area contributed by atoms with Gasteiger partial charge in [-0.15, -0.1) is 0 Å². The van der Waals surface area contributed by atoms with Crippen molar-refractivity contribution in [2.45, 2.75) is 19.9 Å². The Bertz CT molecular complexity index is 558. The molecule has 0 bridgehead atoms. The van der Waals surface area contributed by atoms with E-state index in [0.29, 0.717) is 11.3 Å². The monoisotopic (exact) mass is 260 g/mol. The SMILES string of the molecule is COc1ccc(-c2oncc2C(=O)NC(C)C)cc1. The van der Waals surface area contributed by atoms with E-state index in [1.165, 1.54) is 6.20 Å². The number of carbonyl (C=O) groups is 1. The van der Waals surface area contributed by atoms with Crippen LogP contribution in [0, 0.1) is 0 Å². The molecule has 1 amide bonds. The van der Waals surface area contributed by atoms with E-state index in [1.54, 1.807) is 7.11 Å². The van der Waals surface area contributed by atoms with Gasteiger partial charge in [-0.2, -0.15) is 0 Å². The van der Waals surface area contributed by atoms with Gasteiger partial charge in [0.2, 0.25) is 0 Å². The first kappa shape index (κ1) is 13.1. The number of aromatic nitrogens is 1. The average molecular weight is 260 g/mol. The van der Waals surface area contributed by atoms with E-state index in [0.717, 1.165) is 11.3 Å². The normalized spacial score (nSPS) is 10.5. The fourth-order valence-electron chi connectivity index (χ4n) is 1.69. The van der Waals surface area contributed by atoms with Crippen molar-refractivity contribution in [3.8, 4) is 17.1 Å². The molecule has 0 aliphatic rings. The second kappa shape index (κ2) is 5.56. The topological polar surface area (TPSA) is 64.4 Å². The molecule has 0 aliphatic heterocycles. The number of rotatable bonds is 4. The Morgan fingerprint density at radius 2 is 2.00 bits per heavy atom. The molecule has 2 aromatic rings. The molecular formula is C14H16N2O3. The van der Waals surface area contributed by atoms with Crippen molar-refractivity contribution in [2.75, 3.05) is 7.11 Å². The maximum Gasteiger partial charge on any atom is 0.257 e. The van der Waals surface area contributed by atoms with Crippen molar-refractivity contribution >= 4 is 5.91 Å². The van der Waals surface area contributed by atoms with Gasteiger partial charge < -0.3 is 14.6 Å². The third-order valence-electron chi connectivity index (χ3n) is 2.59. The van der Waals surface area contributed by atoms with Crippen molar-refractivity contribution in [3.05, 3.63) is 36.0 Å². The highest BCUT2D eigenvalue weighted by Gasteiger charge is 2.18. The number of carbonyl (C=O) groups excluding carboxylic acids is 1. The number of nitrogens with one attached hydrogen (secondary N) is 1. The molecule has 5 nitrogen and oxygen atoms in total. The smallest absolute Gasteiger partial charge is 0.257 e. The lowest BCUT2D eigenvalue weighted by Crippen LogP contribution is -2.30. The summed E-state index contributed by atoms with van der Waals surface area (Å²) in [5, 5.41) is 6.52. The van der Waals surface area contributed by atoms with Crippen molar-refractivity contribution in [2.24, 2.45) is 0 Å². The Balaban J connectivity index is 2.30. The molecule has 0 atom stereocenters. The predicted molar refractivity (Wildman–Crippen MR) is 71.1 cm³/mol. The number of nitrogens with zero attached hydrogens (tertiary/aromatic N) is 1. The Labute approximate surface area is 111 Å². The van der Waals surface area contributed by atoms with Crippen molar-refractivity contribution in [1.82, 2.24) is 10.5 Å². The van der Waals surface area contributed by atoms with Gasteiger partial charge >= 0.3 is 0 Å². The summed E-state index contributed by atoms with van der Waals surface area (Å²) in [5.41, 5.74) is 1.21. The Kier molecular flexibility index (Phi) is 3.85. The Morgan fingerprint density at radius 1 is 1.32 bits per heavy atom. The summed E-state index contributed by atoms with van der Waals surface area (Å²) in [6, 6.07) is 7.33. The quantitative estimate of drug-likeness (QED) is 0.917. The summed E-state index contributed by atoms with van der Waals surface area (Å²) >= 11 is 0. The summed E-state index contributed by atoms with van der Waals surface area (Å²) in [6.07, 6.45) is 1.43. The summed E-state index contributed by atoms with van der Waals surface area (Å²) in [6.45, 7) is 3.80. The lowest BCUT2D eigenvalue weighted by Gasteiger charge is -2.07. The van der Waals surface area contributed by atoms with Gasteiger partial charge in [-0.3, -0.25) is 4.79 Å². The minimum absolute atomic E-state index is 0.0612. The van der Waals surface area contributed by atoms with E-state index in [-0.39, 0.29) is 11.9 Å². The van der Waals surface area contributed by atoms with Gasteiger partial charge in [-0.05, 0) is 38.1 Å². The third-order valence-corrected chi connectivity index (χ3v) is 2.59. The number of benzene rings is 1. The van der Waals surface area contributed by atoms with Gasteiger partial charge in [0, 0.05) is 11.6 Å². The second-order valence-corrected chi connectivity index (χ2v) is 4.43. The minimum Gasteiger partial charge on any atom is -0.497 e. The van der Waals surface area contributed by atoms with E-state index in [4.69, 9.17) is 9.26 Å². The van der Waals surface area contributed by atoms with Crippen molar-refractivity contribution < 1.29 is 14.1 Å². The van der Waals surface area contributed by atoms with Gasteiger partial charge in [0.25, 0.3) is 5.91 Å². The highest BCUT2D eigenvalue weighted by molar-refractivity contribution is 5.99. The van der Waals surface area contributed by atoms with E-state index < -0.39 is 0 Å². The summed E-state index contributed by atoms with van der Waals surface area (Å²) in [5.74, 6) is 1.01. The van der Waals surface area contributed by atoms with Crippen LogP contribution in [0.15, 0.2) is 35.0 Å². The van der Waals surface area contributed by atoms with E-state index in [2.05, 4.69) is 10.5 Å². The Morgan fingerprint density at radius 3 is 2.58 bits per heavy atom. The van der Waals surface area contributed by atoms with Gasteiger partial charge in [0.1, 0.15) is 11.3 Å². The largest absolute Gasteiger partial charge is 0.497 e. The third kappa shape index (κ3) is 2.93. The summed E-state index contributed by atoms with van der Waals surface area (Å²) in [7, 11) is 1.60. The van der Waals surface area contributed by atoms with Crippen LogP contribution in [0.1, 0.15) is 24.2 Å². The molecule has 0 unspecified atom stereocenters. The zero-order valence-corrected chi connectivity index (χ0v) is 11.1. The molecule has 1 aromatic heterocycles. The molecule has 0 radical (unpaired) electrons. The van der Waals surface area contributed by atoms with Crippen LogP contribution < -0.4 is 10.1 Å². The number of amides is 1. The summed E-state index contributed by atoms with van der Waals surface area (Å²) in [4.78, 5) is 12.0. The van der Waals surface area contributed by atoms with Crippen LogP contribution in [0.25, 0.3) is 11.3 Å². The minimum atomic E-state index is -0.193. The summed E-state index contributed by atoms with van der Waals surface area (Å²) < 4.78 is 10.3. The van der Waals surface area contributed by atoms with Crippen LogP contribution in [0.2, 0.25) is 0 Å². The zero-order chi connectivity index (χ0) is 13.8.